The minimum absolute atomic E-state index is 0.00140. The molecule has 10 rings (SSSR count). The second kappa shape index (κ2) is 34.6. The number of pyridine rings is 2. The fourth-order valence-electron chi connectivity index (χ4n) is 10.1. The Kier molecular flexibility index (Phi) is 25.5. The van der Waals surface area contributed by atoms with Gasteiger partial charge in [-0.05, 0) is 147 Å². The molecule has 0 spiro atoms. The molecule has 4 heterocycles. The number of aryl methyl sites for hydroxylation is 2. The van der Waals surface area contributed by atoms with Crippen molar-refractivity contribution in [1.82, 2.24) is 29.3 Å². The molecule has 110 heavy (non-hydrogen) atoms. The Labute approximate surface area is 634 Å². The first-order chi connectivity index (χ1) is 52.0. The van der Waals surface area contributed by atoms with Gasteiger partial charge in [0.1, 0.15) is 50.8 Å². The van der Waals surface area contributed by atoms with Gasteiger partial charge in [0.15, 0.2) is 11.3 Å². The van der Waals surface area contributed by atoms with E-state index >= 15 is 0 Å². The highest BCUT2D eigenvalue weighted by atomic mass is 32.2. The molecule has 0 aliphatic carbocycles. The lowest BCUT2D eigenvalue weighted by molar-refractivity contribution is -0.385. The van der Waals surface area contributed by atoms with Crippen LogP contribution in [-0.2, 0) is 57.1 Å². The Bertz CT molecular complexity index is 6040. The molecule has 0 bridgehead atoms. The van der Waals surface area contributed by atoms with Gasteiger partial charge < -0.3 is 30.5 Å². The lowest BCUT2D eigenvalue weighted by Crippen LogP contribution is -2.10. The van der Waals surface area contributed by atoms with Crippen LogP contribution >= 0.6 is 23.5 Å². The maximum atomic E-state index is 12.4. The van der Waals surface area contributed by atoms with Gasteiger partial charge in [0.25, 0.3) is 56.3 Å². The molecule has 0 aliphatic heterocycles. The first kappa shape index (κ1) is 81.3. The van der Waals surface area contributed by atoms with E-state index < -0.39 is 99.8 Å². The maximum Gasteiger partial charge on any atom is 0.297 e. The summed E-state index contributed by atoms with van der Waals surface area (Å²) in [6.45, 7) is 4.45. The van der Waals surface area contributed by atoms with Crippen molar-refractivity contribution in [2.24, 2.45) is 40.9 Å². The van der Waals surface area contributed by atoms with Gasteiger partial charge in [-0.2, -0.15) is 72.5 Å². The molecule has 0 amide bonds. The summed E-state index contributed by atoms with van der Waals surface area (Å²) in [5.41, 5.74) is 1.28. The van der Waals surface area contributed by atoms with Gasteiger partial charge in [0.2, 0.25) is 23.7 Å². The SMILES string of the molecule is COc1ccc2c(c1)nc1c(C#N)c(C)c(N=Nc3cc(C)c(N=Nc4cc(Nc5nc(NCc6ccncc6)nc(Nc6cccc(S(=O)(=O)O)c6)n5)c(N=Nc5cc(C)c(N=Nc6ccc([N+](=O)[O-])cc6S(=O)(=O)O)cc5SCCCS(=O)(=O)O)cc4SCCCS(=O)(=O)O)cc3OCCCS(=O)(=O)O)c(O)n12. The van der Waals surface area contributed by atoms with Crippen molar-refractivity contribution >= 4 is 171 Å². The van der Waals surface area contributed by atoms with E-state index in [1.165, 1.54) is 67.0 Å². The van der Waals surface area contributed by atoms with Gasteiger partial charge in [0.05, 0.1) is 74.6 Å². The van der Waals surface area contributed by atoms with E-state index in [4.69, 9.17) is 9.47 Å². The minimum atomic E-state index is -5.11. The van der Waals surface area contributed by atoms with Crippen LogP contribution in [-0.4, -0.2) is 147 Å². The normalized spacial score (nSPS) is 12.4. The topological polar surface area (TPSA) is 581 Å². The fraction of sp³-hybridized carbons (Fsp3) is 0.219. The zero-order valence-corrected chi connectivity index (χ0v) is 63.2. The molecular weight excluding hydrogens is 1580 g/mol. The summed E-state index contributed by atoms with van der Waals surface area (Å²) in [6.07, 6.45) is 2.62. The number of ether oxygens (including phenoxy) is 2. The molecule has 0 radical (unpaired) electrons. The van der Waals surface area contributed by atoms with E-state index in [1.54, 1.807) is 56.6 Å². The highest BCUT2D eigenvalue weighted by Crippen LogP contribution is 2.46. The van der Waals surface area contributed by atoms with E-state index in [9.17, 15) is 85.3 Å². The standard InChI is InChI=1S/C64H61N19O20S7/c1-36-25-51(78-81-59-38(3)44(34-65)60-69-50-29-42(102-4)12-14-54(50)82(60)61(59)84)55(103-19-6-22-106(87,88)89)31-46(36)75-80-53-30-48(70-64-72-62(67-35-39-15-17-66-18-16-39)71-63(73-64)68-40-9-5-10-43(27-40)109(96,97)98)49(33-57(53)105-21-8-24-108(93,94)95)77-79-52-26-37(2)47(32-56(52)104-20-7-23-107(90,91)92)76-74-45-13-11-41(83(85)86)28-58(45)110(99,100)101/h5,9-18,25-33,84H,6-8,19-24,35H2,1-4H3,(H,87,88,89)(H,90,91,92)(H,93,94,95)(H,96,97,98)(H,99,100,101)(H3,67,68,70,71,72,73). The molecule has 0 aliphatic rings. The average Bonchev–Trinajstić information content (AvgIpc) is 1.59. The Morgan fingerprint density at radius 2 is 1.17 bits per heavy atom. The second-order valence-corrected chi connectivity index (χ2v) is 33.2. The number of anilines is 5. The summed E-state index contributed by atoms with van der Waals surface area (Å²) >= 11 is 2.02. The number of nitro benzene ring substituents is 1. The van der Waals surface area contributed by atoms with E-state index in [0.29, 0.717) is 28.4 Å². The lowest BCUT2D eigenvalue weighted by atomic mass is 10.1. The number of hydrogen-bond donors (Lipinski definition) is 9. The quantitative estimate of drug-likeness (QED) is 0.00452. The number of nitro groups is 1. The molecular formula is C64H61N19O20S7. The molecule has 0 fully saturated rings. The molecule has 0 unspecified atom stereocenters. The van der Waals surface area contributed by atoms with Crippen LogP contribution in [0.1, 0.15) is 47.1 Å². The van der Waals surface area contributed by atoms with Crippen molar-refractivity contribution in [3.05, 3.63) is 160 Å². The average molecular weight is 1640 g/mol. The van der Waals surface area contributed by atoms with Gasteiger partial charge >= 0.3 is 0 Å². The van der Waals surface area contributed by atoms with Crippen molar-refractivity contribution in [3.63, 3.8) is 0 Å². The van der Waals surface area contributed by atoms with E-state index in [0.717, 1.165) is 53.4 Å². The predicted octanol–water partition coefficient (Wildman–Crippen LogP) is 14.1. The summed E-state index contributed by atoms with van der Waals surface area (Å²) in [6, 6.07) is 26.5. The zero-order valence-electron chi connectivity index (χ0n) is 57.5. The van der Waals surface area contributed by atoms with Gasteiger partial charge in [-0.15, -0.1) is 54.2 Å². The van der Waals surface area contributed by atoms with Gasteiger partial charge in [0, 0.05) is 64.2 Å². The third-order valence-corrected chi connectivity index (χ3v) is 21.8. The molecule has 4 aromatic heterocycles. The third kappa shape index (κ3) is 21.8. The summed E-state index contributed by atoms with van der Waals surface area (Å²) in [5, 5.41) is 78.6. The lowest BCUT2D eigenvalue weighted by Gasteiger charge is -2.15. The van der Waals surface area contributed by atoms with Crippen molar-refractivity contribution in [1.29, 1.82) is 5.26 Å². The van der Waals surface area contributed by atoms with E-state index in [1.807, 2.05) is 0 Å². The maximum absolute atomic E-state index is 12.4. The highest BCUT2D eigenvalue weighted by molar-refractivity contribution is 7.99. The number of aromatic nitrogens is 6. The largest absolute Gasteiger partial charge is 0.497 e. The van der Waals surface area contributed by atoms with Crippen molar-refractivity contribution in [2.75, 3.05) is 58.4 Å². The summed E-state index contributed by atoms with van der Waals surface area (Å²) in [5.74, 6) is -2.69. The molecule has 574 valence electrons. The number of nitrogens with zero attached hydrogens (tertiary/aromatic N) is 16. The Hall–Kier alpha value is -11.2. The number of hydrogen-bond acceptors (Lipinski definition) is 34. The number of rotatable bonds is 34. The number of thioether (sulfide) groups is 2. The number of benzene rings is 6. The number of non-ortho nitro benzene ring substituents is 1. The molecule has 0 saturated heterocycles. The van der Waals surface area contributed by atoms with E-state index in [-0.39, 0.29) is 151 Å². The van der Waals surface area contributed by atoms with Crippen molar-refractivity contribution in [3.8, 4) is 23.4 Å². The van der Waals surface area contributed by atoms with Crippen molar-refractivity contribution in [2.45, 2.75) is 66.2 Å². The summed E-state index contributed by atoms with van der Waals surface area (Å²) in [7, 11) is -21.8. The van der Waals surface area contributed by atoms with E-state index in [2.05, 4.69) is 87.9 Å². The molecule has 9 N–H and O–H groups in total. The van der Waals surface area contributed by atoms with Crippen LogP contribution in [0, 0.1) is 42.2 Å². The van der Waals surface area contributed by atoms with Crippen LogP contribution in [0.3, 0.4) is 0 Å². The minimum Gasteiger partial charge on any atom is -0.497 e. The zero-order chi connectivity index (χ0) is 79.5. The van der Waals surface area contributed by atoms with Gasteiger partial charge in [-0.25, -0.2) is 4.98 Å². The van der Waals surface area contributed by atoms with Crippen molar-refractivity contribution < 1.29 is 84.4 Å². The second-order valence-electron chi connectivity index (χ2n) is 23.4. The highest BCUT2D eigenvalue weighted by Gasteiger charge is 2.25. The molecule has 6 aromatic carbocycles. The predicted molar refractivity (Wildman–Crippen MR) is 403 cm³/mol. The van der Waals surface area contributed by atoms with Crippen LogP contribution in [0.4, 0.5) is 80.4 Å². The third-order valence-electron chi connectivity index (χ3n) is 15.4. The summed E-state index contributed by atoms with van der Waals surface area (Å²) in [4.78, 5) is 32.0. The Morgan fingerprint density at radius 3 is 1.79 bits per heavy atom. The molecule has 46 heteroatoms. The van der Waals surface area contributed by atoms with Crippen LogP contribution in [0.5, 0.6) is 17.4 Å². The number of nitrogens with one attached hydrogen (secondary N) is 3. The number of fused-ring (bicyclic) bond motifs is 3. The molecule has 0 saturated carbocycles. The number of aromatic hydroxyl groups is 1. The van der Waals surface area contributed by atoms with Gasteiger partial charge in [-0.1, -0.05) is 6.07 Å². The monoisotopic (exact) mass is 1640 g/mol. The summed E-state index contributed by atoms with van der Waals surface area (Å²) < 4.78 is 183. The number of azo groups is 4. The van der Waals surface area contributed by atoms with Crippen LogP contribution in [0.2, 0.25) is 0 Å². The van der Waals surface area contributed by atoms with Crippen LogP contribution in [0.15, 0.2) is 182 Å². The fourth-order valence-corrected chi connectivity index (χ4v) is 15.0. The number of nitriles is 1. The molecule has 39 nitrogen and oxygen atoms in total. The Balaban J connectivity index is 1.13. The number of methoxy groups -OCH3 is 1. The van der Waals surface area contributed by atoms with Crippen LogP contribution in [0.25, 0.3) is 16.7 Å². The molecule has 10 aromatic rings. The first-order valence-corrected chi connectivity index (χ1v) is 41.4. The van der Waals surface area contributed by atoms with Gasteiger partial charge in [-0.3, -0.25) is 42.3 Å². The molecule has 0 atom stereocenters. The number of imidazole rings is 1. The first-order valence-electron chi connectivity index (χ1n) is 31.8. The van der Waals surface area contributed by atoms with Crippen LogP contribution < -0.4 is 25.4 Å². The Morgan fingerprint density at radius 1 is 0.600 bits per heavy atom. The smallest absolute Gasteiger partial charge is 0.297 e.